The van der Waals surface area contributed by atoms with Gasteiger partial charge in [-0.25, -0.2) is 9.37 Å². The van der Waals surface area contributed by atoms with Crippen molar-refractivity contribution >= 4 is 33.2 Å². The number of nitrogens with zero attached hydrogens (tertiary/aromatic N) is 2. The van der Waals surface area contributed by atoms with Crippen molar-refractivity contribution in [1.29, 1.82) is 0 Å². The molecule has 3 nitrogen and oxygen atoms in total. The highest BCUT2D eigenvalue weighted by atomic mass is 35.5. The molecule has 0 saturated heterocycles. The summed E-state index contributed by atoms with van der Waals surface area (Å²) in [6, 6.07) is 7.46. The zero-order valence-electron chi connectivity index (χ0n) is 13.7. The van der Waals surface area contributed by atoms with Crippen LogP contribution in [0.1, 0.15) is 34.7 Å². The summed E-state index contributed by atoms with van der Waals surface area (Å²) >= 11 is 7.57. The number of rotatable bonds is 4. The molecule has 3 aromatic rings. The first-order chi connectivity index (χ1) is 12.2. The second kappa shape index (κ2) is 6.89. The minimum Gasteiger partial charge on any atom is -0.293 e. The van der Waals surface area contributed by atoms with Crippen LogP contribution in [0, 0.1) is 0 Å². The molecule has 1 aromatic carbocycles. The SMILES string of the molecule is O=c1c2c3c(sc2nc(Cc2ccc(Cl)cc2)n1CCF)CCCC3. The van der Waals surface area contributed by atoms with Gasteiger partial charge in [-0.15, -0.1) is 11.3 Å². The Morgan fingerprint density at radius 2 is 1.96 bits per heavy atom. The highest BCUT2D eigenvalue weighted by molar-refractivity contribution is 7.18. The predicted octanol–water partition coefficient (Wildman–Crippen LogP) is 4.55. The summed E-state index contributed by atoms with van der Waals surface area (Å²) in [5.74, 6) is 0.621. The van der Waals surface area contributed by atoms with Crippen LogP contribution < -0.4 is 5.56 Å². The summed E-state index contributed by atoms with van der Waals surface area (Å²) in [5, 5.41) is 1.38. The van der Waals surface area contributed by atoms with Crippen LogP contribution in [-0.2, 0) is 25.8 Å². The van der Waals surface area contributed by atoms with Crippen molar-refractivity contribution in [2.24, 2.45) is 0 Å². The van der Waals surface area contributed by atoms with Crippen LogP contribution in [-0.4, -0.2) is 16.2 Å². The van der Waals surface area contributed by atoms with E-state index in [9.17, 15) is 9.18 Å². The summed E-state index contributed by atoms with van der Waals surface area (Å²) in [6.45, 7) is -0.525. The molecule has 0 N–H and O–H groups in total. The van der Waals surface area contributed by atoms with Crippen molar-refractivity contribution in [3.63, 3.8) is 0 Å². The van der Waals surface area contributed by atoms with Crippen LogP contribution >= 0.6 is 22.9 Å². The highest BCUT2D eigenvalue weighted by Gasteiger charge is 2.22. The average molecular weight is 377 g/mol. The van der Waals surface area contributed by atoms with E-state index in [0.29, 0.717) is 22.7 Å². The zero-order chi connectivity index (χ0) is 17.4. The average Bonchev–Trinajstić information content (AvgIpc) is 2.98. The molecule has 0 amide bonds. The molecular weight excluding hydrogens is 359 g/mol. The number of aromatic nitrogens is 2. The fraction of sp³-hybridized carbons (Fsp3) is 0.368. The van der Waals surface area contributed by atoms with E-state index < -0.39 is 6.67 Å². The molecular formula is C19H18ClFN2OS. The number of alkyl halides is 1. The minimum absolute atomic E-state index is 0.0509. The minimum atomic E-state index is -0.576. The van der Waals surface area contributed by atoms with Crippen molar-refractivity contribution in [2.45, 2.75) is 38.6 Å². The summed E-state index contributed by atoms with van der Waals surface area (Å²) < 4.78 is 14.6. The number of benzene rings is 1. The Morgan fingerprint density at radius 3 is 2.72 bits per heavy atom. The number of fused-ring (bicyclic) bond motifs is 3. The molecule has 6 heteroatoms. The third kappa shape index (κ3) is 3.11. The van der Waals surface area contributed by atoms with E-state index in [-0.39, 0.29) is 12.1 Å². The molecule has 2 heterocycles. The van der Waals surface area contributed by atoms with E-state index in [0.717, 1.165) is 41.6 Å². The summed E-state index contributed by atoms with van der Waals surface area (Å²) in [5.41, 5.74) is 2.06. The third-order valence-electron chi connectivity index (χ3n) is 4.74. The Labute approximate surface area is 154 Å². The van der Waals surface area contributed by atoms with Crippen molar-refractivity contribution in [1.82, 2.24) is 9.55 Å². The van der Waals surface area contributed by atoms with Crippen LogP contribution in [0.4, 0.5) is 4.39 Å². The maximum Gasteiger partial charge on any atom is 0.262 e. The topological polar surface area (TPSA) is 34.9 Å². The highest BCUT2D eigenvalue weighted by Crippen LogP contribution is 2.34. The van der Waals surface area contributed by atoms with Crippen LogP contribution in [0.2, 0.25) is 5.02 Å². The maximum atomic E-state index is 13.1. The zero-order valence-corrected chi connectivity index (χ0v) is 15.3. The van der Waals surface area contributed by atoms with Crippen LogP contribution in [0.3, 0.4) is 0 Å². The van der Waals surface area contributed by atoms with Gasteiger partial charge in [0.25, 0.3) is 5.56 Å². The maximum absolute atomic E-state index is 13.1. The van der Waals surface area contributed by atoms with Gasteiger partial charge in [0.1, 0.15) is 17.3 Å². The molecule has 0 spiro atoms. The molecule has 25 heavy (non-hydrogen) atoms. The molecule has 4 rings (SSSR count). The Kier molecular flexibility index (Phi) is 4.61. The Balaban J connectivity index is 1.86. The van der Waals surface area contributed by atoms with Crippen LogP contribution in [0.15, 0.2) is 29.1 Å². The lowest BCUT2D eigenvalue weighted by Gasteiger charge is -2.13. The first-order valence-electron chi connectivity index (χ1n) is 8.51. The van der Waals surface area contributed by atoms with Gasteiger partial charge < -0.3 is 0 Å². The third-order valence-corrected chi connectivity index (χ3v) is 6.18. The number of hydrogen-bond acceptors (Lipinski definition) is 3. The Morgan fingerprint density at radius 1 is 1.20 bits per heavy atom. The van der Waals surface area contributed by atoms with Gasteiger partial charge in [-0.1, -0.05) is 23.7 Å². The van der Waals surface area contributed by atoms with E-state index in [1.54, 1.807) is 11.3 Å². The van der Waals surface area contributed by atoms with E-state index in [4.69, 9.17) is 16.6 Å². The van der Waals surface area contributed by atoms with E-state index in [2.05, 4.69) is 0 Å². The number of halogens is 2. The smallest absolute Gasteiger partial charge is 0.262 e. The van der Waals surface area contributed by atoms with Crippen LogP contribution in [0.25, 0.3) is 10.2 Å². The van der Waals surface area contributed by atoms with Gasteiger partial charge in [0.15, 0.2) is 0 Å². The second-order valence-corrected chi connectivity index (χ2v) is 7.89. The molecule has 0 bridgehead atoms. The molecule has 0 fully saturated rings. The first kappa shape index (κ1) is 16.7. The van der Waals surface area contributed by atoms with Gasteiger partial charge in [0.05, 0.1) is 11.9 Å². The summed E-state index contributed by atoms with van der Waals surface area (Å²) in [7, 11) is 0. The van der Waals surface area contributed by atoms with Gasteiger partial charge in [0, 0.05) is 16.3 Å². The molecule has 0 radical (unpaired) electrons. The molecule has 0 atom stereocenters. The Hall–Kier alpha value is -1.72. The lowest BCUT2D eigenvalue weighted by atomic mass is 9.97. The van der Waals surface area contributed by atoms with Gasteiger partial charge in [-0.2, -0.15) is 0 Å². The second-order valence-electron chi connectivity index (χ2n) is 6.37. The lowest BCUT2D eigenvalue weighted by molar-refractivity contribution is 0.433. The molecule has 0 aliphatic heterocycles. The predicted molar refractivity (Wildman–Crippen MR) is 101 cm³/mol. The Bertz CT molecular complexity index is 978. The lowest BCUT2D eigenvalue weighted by Crippen LogP contribution is -2.26. The van der Waals surface area contributed by atoms with E-state index in [1.807, 2.05) is 24.3 Å². The monoisotopic (exact) mass is 376 g/mol. The molecule has 0 unspecified atom stereocenters. The van der Waals surface area contributed by atoms with Gasteiger partial charge in [-0.05, 0) is 48.9 Å². The summed E-state index contributed by atoms with van der Waals surface area (Å²) in [6.07, 6.45) is 4.71. The molecule has 1 aliphatic rings. The summed E-state index contributed by atoms with van der Waals surface area (Å²) in [4.78, 5) is 19.9. The quantitative estimate of drug-likeness (QED) is 0.669. The fourth-order valence-electron chi connectivity index (χ4n) is 3.52. The molecule has 0 saturated carbocycles. The van der Waals surface area contributed by atoms with Crippen molar-refractivity contribution in [3.8, 4) is 0 Å². The van der Waals surface area contributed by atoms with Crippen LogP contribution in [0.5, 0.6) is 0 Å². The number of thiophene rings is 1. The van der Waals surface area contributed by atoms with Crippen molar-refractivity contribution in [2.75, 3.05) is 6.67 Å². The molecule has 1 aliphatic carbocycles. The molecule has 2 aromatic heterocycles. The van der Waals surface area contributed by atoms with Gasteiger partial charge >= 0.3 is 0 Å². The largest absolute Gasteiger partial charge is 0.293 e. The molecule has 130 valence electrons. The van der Waals surface area contributed by atoms with Crippen molar-refractivity contribution in [3.05, 3.63) is 61.5 Å². The van der Waals surface area contributed by atoms with Crippen molar-refractivity contribution < 1.29 is 4.39 Å². The van der Waals surface area contributed by atoms with E-state index in [1.165, 1.54) is 9.44 Å². The normalized spacial score (nSPS) is 14.0. The standard InChI is InChI=1S/C19H18ClFN2OS/c20-13-7-5-12(6-8-13)11-16-22-18-17(19(24)23(16)10-9-21)14-3-1-2-4-15(14)25-18/h5-8H,1-4,9-11H2. The van der Waals surface area contributed by atoms with Gasteiger partial charge in [0.2, 0.25) is 0 Å². The van der Waals surface area contributed by atoms with E-state index >= 15 is 0 Å². The first-order valence-corrected chi connectivity index (χ1v) is 9.71. The van der Waals surface area contributed by atoms with Gasteiger partial charge in [-0.3, -0.25) is 9.36 Å². The number of aryl methyl sites for hydroxylation is 2. The fourth-order valence-corrected chi connectivity index (χ4v) is 4.91. The number of hydrogen-bond donors (Lipinski definition) is 0.